The number of benzene rings is 3. The quantitative estimate of drug-likeness (QED) is 0.228. The predicted octanol–water partition coefficient (Wildman–Crippen LogP) is 6.43. The minimum absolute atomic E-state index is 0.0545. The van der Waals surface area contributed by atoms with Crippen molar-refractivity contribution in [3.05, 3.63) is 98.4 Å². The van der Waals surface area contributed by atoms with Crippen LogP contribution in [0.3, 0.4) is 0 Å². The van der Waals surface area contributed by atoms with Crippen LogP contribution in [0.4, 0.5) is 0 Å². The van der Waals surface area contributed by atoms with Crippen molar-refractivity contribution in [1.29, 1.82) is 0 Å². The van der Waals surface area contributed by atoms with Crippen LogP contribution in [0.25, 0.3) is 11.0 Å². The fraction of sp³-hybridized carbons (Fsp3) is 0.290. The summed E-state index contributed by atoms with van der Waals surface area (Å²) in [6.07, 6.45) is 1.43. The molecule has 1 aliphatic heterocycles. The number of fused-ring (bicyclic) bond motifs is 2. The first-order valence-electron chi connectivity index (χ1n) is 13.0. The van der Waals surface area contributed by atoms with Gasteiger partial charge in [-0.15, -0.1) is 0 Å². The normalized spacial score (nSPS) is 14.5. The van der Waals surface area contributed by atoms with E-state index in [0.717, 1.165) is 23.3 Å². The number of rotatable bonds is 10. The molecule has 1 aromatic heterocycles. The van der Waals surface area contributed by atoms with Gasteiger partial charge in [0.15, 0.2) is 16.9 Å². The van der Waals surface area contributed by atoms with Crippen molar-refractivity contribution in [3.63, 3.8) is 0 Å². The molecule has 7 nitrogen and oxygen atoms in total. The van der Waals surface area contributed by atoms with Gasteiger partial charge < -0.3 is 23.5 Å². The Hall–Kier alpha value is -3.97. The van der Waals surface area contributed by atoms with Gasteiger partial charge in [0.1, 0.15) is 11.3 Å². The third-order valence-corrected chi connectivity index (χ3v) is 7.01. The zero-order valence-corrected chi connectivity index (χ0v) is 22.9. The van der Waals surface area contributed by atoms with Crippen LogP contribution in [0.2, 0.25) is 5.02 Å². The van der Waals surface area contributed by atoms with Gasteiger partial charge in [-0.3, -0.25) is 9.59 Å². The highest BCUT2D eigenvalue weighted by molar-refractivity contribution is 6.31. The minimum Gasteiger partial charge on any atom is -0.497 e. The Bertz CT molecular complexity index is 1560. The third-order valence-electron chi connectivity index (χ3n) is 6.77. The van der Waals surface area contributed by atoms with Gasteiger partial charge in [0.25, 0.3) is 5.91 Å². The smallest absolute Gasteiger partial charge is 0.290 e. The zero-order valence-electron chi connectivity index (χ0n) is 22.2. The number of carbonyl (C=O) groups excluding carboxylic acids is 1. The van der Waals surface area contributed by atoms with E-state index in [0.29, 0.717) is 59.2 Å². The molecule has 0 saturated carbocycles. The number of hydrogen-bond donors (Lipinski definition) is 0. The molecule has 1 amide bonds. The van der Waals surface area contributed by atoms with E-state index in [1.54, 1.807) is 30.2 Å². The molecule has 1 aliphatic rings. The van der Waals surface area contributed by atoms with Crippen LogP contribution in [-0.2, 0) is 6.42 Å². The molecule has 0 radical (unpaired) electrons. The van der Waals surface area contributed by atoms with Crippen molar-refractivity contribution in [1.82, 2.24) is 4.90 Å². The molecule has 2 heterocycles. The Balaban J connectivity index is 1.61. The van der Waals surface area contributed by atoms with E-state index in [1.165, 1.54) is 0 Å². The zero-order chi connectivity index (χ0) is 27.5. The maximum Gasteiger partial charge on any atom is 0.290 e. The summed E-state index contributed by atoms with van der Waals surface area (Å²) in [5.74, 6) is 1.66. The maximum atomic E-state index is 13.8. The molecule has 5 rings (SSSR count). The van der Waals surface area contributed by atoms with E-state index < -0.39 is 6.04 Å². The molecule has 39 heavy (non-hydrogen) atoms. The summed E-state index contributed by atoms with van der Waals surface area (Å²) >= 11 is 6.21. The Labute approximate surface area is 231 Å². The monoisotopic (exact) mass is 547 g/mol. The largest absolute Gasteiger partial charge is 0.497 e. The van der Waals surface area contributed by atoms with Gasteiger partial charge in [0.05, 0.1) is 37.3 Å². The highest BCUT2D eigenvalue weighted by Gasteiger charge is 2.42. The first kappa shape index (κ1) is 26.6. The lowest BCUT2D eigenvalue weighted by Gasteiger charge is -2.26. The van der Waals surface area contributed by atoms with E-state index >= 15 is 0 Å². The summed E-state index contributed by atoms with van der Waals surface area (Å²) in [6, 6.07) is 17.4. The molecule has 202 valence electrons. The van der Waals surface area contributed by atoms with Crippen LogP contribution >= 0.6 is 11.6 Å². The highest BCUT2D eigenvalue weighted by atomic mass is 35.5. The molecule has 8 heteroatoms. The fourth-order valence-corrected chi connectivity index (χ4v) is 5.08. The van der Waals surface area contributed by atoms with Crippen LogP contribution < -0.4 is 19.6 Å². The number of amides is 1. The molecular formula is C31H30ClNO6. The van der Waals surface area contributed by atoms with Crippen LogP contribution in [0, 0.1) is 0 Å². The minimum atomic E-state index is -0.662. The van der Waals surface area contributed by atoms with Crippen LogP contribution in [0.15, 0.2) is 69.9 Å². The van der Waals surface area contributed by atoms with Gasteiger partial charge in [-0.2, -0.15) is 0 Å². The number of carbonyl (C=O) groups is 1. The SMILES string of the molecule is CCCOc1ccc(C2c3c(oc4ccc(Cl)cc4c3=O)C(=O)N2CCc2ccc(OC)cc2)cc1OCC. The van der Waals surface area contributed by atoms with Crippen LogP contribution in [-0.4, -0.2) is 37.7 Å². The second kappa shape index (κ2) is 11.4. The molecule has 0 bridgehead atoms. The van der Waals surface area contributed by atoms with Crippen LogP contribution in [0.1, 0.15) is 53.6 Å². The van der Waals surface area contributed by atoms with E-state index in [1.807, 2.05) is 56.3 Å². The lowest BCUT2D eigenvalue weighted by Crippen LogP contribution is -2.31. The van der Waals surface area contributed by atoms with E-state index in [4.69, 9.17) is 30.2 Å². The lowest BCUT2D eigenvalue weighted by atomic mass is 9.97. The molecule has 0 saturated heterocycles. The highest BCUT2D eigenvalue weighted by Crippen LogP contribution is 2.41. The molecule has 0 fully saturated rings. The van der Waals surface area contributed by atoms with Gasteiger partial charge in [-0.1, -0.05) is 36.7 Å². The number of ether oxygens (including phenoxy) is 3. The topological polar surface area (TPSA) is 78.2 Å². The van der Waals surface area contributed by atoms with Crippen molar-refractivity contribution in [2.24, 2.45) is 0 Å². The lowest BCUT2D eigenvalue weighted by molar-refractivity contribution is 0.0729. The number of nitrogens with zero attached hydrogens (tertiary/aromatic N) is 1. The second-order valence-corrected chi connectivity index (χ2v) is 9.74. The molecule has 0 aliphatic carbocycles. The molecule has 1 unspecified atom stereocenters. The summed E-state index contributed by atoms with van der Waals surface area (Å²) in [4.78, 5) is 29.3. The van der Waals surface area contributed by atoms with Crippen molar-refractivity contribution in [2.75, 3.05) is 26.9 Å². The first-order valence-corrected chi connectivity index (χ1v) is 13.4. The van der Waals surface area contributed by atoms with Crippen LogP contribution in [0.5, 0.6) is 17.2 Å². The standard InChI is InChI=1S/C31H30ClNO6/c1-4-16-38-25-12-8-20(17-26(25)37-5-2)28-27-29(34)23-18-21(32)9-13-24(23)39-30(27)31(35)33(28)15-14-19-6-10-22(36-3)11-7-19/h6-13,17-18,28H,4-5,14-16H2,1-3H3. The van der Waals surface area contributed by atoms with Gasteiger partial charge >= 0.3 is 0 Å². The first-order chi connectivity index (χ1) is 18.9. The Morgan fingerprint density at radius 2 is 1.74 bits per heavy atom. The van der Waals surface area contributed by atoms with Gasteiger partial charge in [-0.05, 0) is 73.4 Å². The maximum absolute atomic E-state index is 13.8. The fourth-order valence-electron chi connectivity index (χ4n) is 4.91. The molecule has 1 atom stereocenters. The second-order valence-electron chi connectivity index (χ2n) is 9.30. The molecular weight excluding hydrogens is 518 g/mol. The van der Waals surface area contributed by atoms with Gasteiger partial charge in [-0.25, -0.2) is 0 Å². The van der Waals surface area contributed by atoms with Crippen molar-refractivity contribution >= 4 is 28.5 Å². The average molecular weight is 548 g/mol. The van der Waals surface area contributed by atoms with E-state index in [-0.39, 0.29) is 17.1 Å². The van der Waals surface area contributed by atoms with Crippen molar-refractivity contribution in [2.45, 2.75) is 32.7 Å². The van der Waals surface area contributed by atoms with E-state index in [2.05, 4.69) is 0 Å². The number of halogens is 1. The average Bonchev–Trinajstić information content (AvgIpc) is 3.23. The summed E-state index contributed by atoms with van der Waals surface area (Å²) in [5.41, 5.74) is 2.12. The summed E-state index contributed by atoms with van der Waals surface area (Å²) < 4.78 is 23.1. The molecule has 4 aromatic rings. The molecule has 0 spiro atoms. The number of methoxy groups -OCH3 is 1. The summed E-state index contributed by atoms with van der Waals surface area (Å²) in [5, 5.41) is 0.757. The van der Waals surface area contributed by atoms with E-state index in [9.17, 15) is 9.59 Å². The predicted molar refractivity (Wildman–Crippen MR) is 150 cm³/mol. The Kier molecular flexibility index (Phi) is 7.79. The number of hydrogen-bond acceptors (Lipinski definition) is 6. The third kappa shape index (κ3) is 5.19. The summed E-state index contributed by atoms with van der Waals surface area (Å²) in [7, 11) is 1.62. The van der Waals surface area contributed by atoms with Crippen molar-refractivity contribution in [3.8, 4) is 17.2 Å². The molecule has 0 N–H and O–H groups in total. The van der Waals surface area contributed by atoms with Gasteiger partial charge in [0, 0.05) is 11.6 Å². The van der Waals surface area contributed by atoms with Crippen molar-refractivity contribution < 1.29 is 23.4 Å². The summed E-state index contributed by atoms with van der Waals surface area (Å²) in [6.45, 7) is 5.30. The Morgan fingerprint density at radius 3 is 2.46 bits per heavy atom. The molecule has 3 aromatic carbocycles. The Morgan fingerprint density at radius 1 is 0.949 bits per heavy atom. The van der Waals surface area contributed by atoms with Gasteiger partial charge in [0.2, 0.25) is 5.76 Å².